The lowest BCUT2D eigenvalue weighted by molar-refractivity contribution is -0.118. The number of hydrogen-bond acceptors (Lipinski definition) is 5. The molecule has 0 aromatic carbocycles. The van der Waals surface area contributed by atoms with E-state index in [1.807, 2.05) is 0 Å². The van der Waals surface area contributed by atoms with Crippen LogP contribution in [0.25, 0.3) is 0 Å². The van der Waals surface area contributed by atoms with E-state index in [4.69, 9.17) is 16.3 Å². The van der Waals surface area contributed by atoms with Gasteiger partial charge in [0.25, 0.3) is 0 Å². The second-order valence-electron chi connectivity index (χ2n) is 3.78. The average Bonchev–Trinajstić information content (AvgIpc) is 2.81. The second-order valence-corrected chi connectivity index (χ2v) is 4.17. The summed E-state index contributed by atoms with van der Waals surface area (Å²) in [5, 5.41) is 13.4. The van der Waals surface area contributed by atoms with Gasteiger partial charge in [-0.15, -0.1) is 10.2 Å². The van der Waals surface area contributed by atoms with E-state index in [1.54, 1.807) is 19.2 Å². The molecule has 0 aliphatic carbocycles. The highest BCUT2D eigenvalue weighted by atomic mass is 35.5. The topological polar surface area (TPSA) is 76.1 Å². The van der Waals surface area contributed by atoms with Crippen molar-refractivity contribution in [3.8, 4) is 0 Å². The fraction of sp³-hybridized carbons (Fsp3) is 0.500. The molecule has 1 fully saturated rings. The molecular weight excluding hydrogens is 244 g/mol. The molecule has 92 valence electrons. The molecule has 1 aromatic heterocycles. The van der Waals surface area contributed by atoms with E-state index in [0.29, 0.717) is 23.9 Å². The van der Waals surface area contributed by atoms with Crippen molar-refractivity contribution in [3.63, 3.8) is 0 Å². The van der Waals surface area contributed by atoms with Crippen molar-refractivity contribution in [3.05, 3.63) is 17.3 Å². The summed E-state index contributed by atoms with van der Waals surface area (Å²) in [7, 11) is 1.64. The van der Waals surface area contributed by atoms with Crippen molar-refractivity contribution in [2.75, 3.05) is 19.0 Å². The van der Waals surface area contributed by atoms with Gasteiger partial charge in [0.05, 0.1) is 12.1 Å². The first-order chi connectivity index (χ1) is 8.19. The Balaban J connectivity index is 1.91. The number of amides is 1. The van der Waals surface area contributed by atoms with Gasteiger partial charge in [0.2, 0.25) is 5.91 Å². The number of methoxy groups -OCH3 is 1. The lowest BCUT2D eigenvalue weighted by atomic mass is 10.2. The molecule has 1 aliphatic heterocycles. The van der Waals surface area contributed by atoms with Gasteiger partial charge in [-0.1, -0.05) is 11.6 Å². The van der Waals surface area contributed by atoms with E-state index in [-0.39, 0.29) is 18.1 Å². The molecule has 1 amide bonds. The standard InChI is InChI=1S/C10H13ClN4O2/c1-17-6-4-7(12-5-6)10(16)13-9-3-2-8(11)14-15-9/h2-3,6-7,12H,4-5H2,1H3,(H,13,15,16). The zero-order valence-electron chi connectivity index (χ0n) is 9.31. The summed E-state index contributed by atoms with van der Waals surface area (Å²) >= 11 is 5.60. The number of anilines is 1. The molecule has 0 bridgehead atoms. The van der Waals surface area contributed by atoms with Crippen LogP contribution < -0.4 is 10.6 Å². The van der Waals surface area contributed by atoms with E-state index < -0.39 is 0 Å². The van der Waals surface area contributed by atoms with Crippen molar-refractivity contribution in [2.45, 2.75) is 18.6 Å². The highest BCUT2D eigenvalue weighted by Crippen LogP contribution is 2.12. The molecule has 17 heavy (non-hydrogen) atoms. The van der Waals surface area contributed by atoms with Gasteiger partial charge in [0.15, 0.2) is 11.0 Å². The summed E-state index contributed by atoms with van der Waals surface area (Å²) in [4.78, 5) is 11.8. The van der Waals surface area contributed by atoms with E-state index in [0.717, 1.165) is 0 Å². The quantitative estimate of drug-likeness (QED) is 0.821. The average molecular weight is 257 g/mol. The Bertz CT molecular complexity index is 398. The summed E-state index contributed by atoms with van der Waals surface area (Å²) in [6.07, 6.45) is 0.741. The maximum atomic E-state index is 11.8. The molecule has 1 aliphatic rings. The number of rotatable bonds is 3. The number of aromatic nitrogens is 2. The highest BCUT2D eigenvalue weighted by Gasteiger charge is 2.29. The number of nitrogens with one attached hydrogen (secondary N) is 2. The third kappa shape index (κ3) is 3.12. The summed E-state index contributed by atoms with van der Waals surface area (Å²) in [6, 6.07) is 2.93. The van der Waals surface area contributed by atoms with Crippen LogP contribution in [0.2, 0.25) is 5.15 Å². The molecule has 0 radical (unpaired) electrons. The smallest absolute Gasteiger partial charge is 0.242 e. The molecule has 7 heteroatoms. The molecule has 1 aromatic rings. The predicted molar refractivity (Wildman–Crippen MR) is 62.9 cm³/mol. The minimum atomic E-state index is -0.252. The number of hydrogen-bond donors (Lipinski definition) is 2. The molecule has 2 N–H and O–H groups in total. The van der Waals surface area contributed by atoms with Crippen LogP contribution in [0.4, 0.5) is 5.82 Å². The van der Waals surface area contributed by atoms with E-state index in [9.17, 15) is 4.79 Å². The van der Waals surface area contributed by atoms with Crippen LogP contribution in [0.1, 0.15) is 6.42 Å². The van der Waals surface area contributed by atoms with Crippen molar-refractivity contribution in [2.24, 2.45) is 0 Å². The molecule has 2 unspecified atom stereocenters. The van der Waals surface area contributed by atoms with Gasteiger partial charge < -0.3 is 15.4 Å². The van der Waals surface area contributed by atoms with Crippen LogP contribution in [-0.4, -0.2) is 41.9 Å². The first-order valence-electron chi connectivity index (χ1n) is 5.25. The lowest BCUT2D eigenvalue weighted by Crippen LogP contribution is -2.35. The summed E-state index contributed by atoms with van der Waals surface area (Å²) in [5.41, 5.74) is 0. The van der Waals surface area contributed by atoms with Crippen molar-refractivity contribution in [1.29, 1.82) is 0 Å². The van der Waals surface area contributed by atoms with Crippen LogP contribution >= 0.6 is 11.6 Å². The third-order valence-electron chi connectivity index (χ3n) is 2.62. The third-order valence-corrected chi connectivity index (χ3v) is 2.83. The summed E-state index contributed by atoms with van der Waals surface area (Å²) < 4.78 is 5.17. The van der Waals surface area contributed by atoms with Gasteiger partial charge in [-0.2, -0.15) is 0 Å². The Morgan fingerprint density at radius 2 is 2.41 bits per heavy atom. The Hall–Kier alpha value is -1.24. The number of carbonyl (C=O) groups is 1. The number of carbonyl (C=O) groups excluding carboxylic acids is 1. The maximum Gasteiger partial charge on any atom is 0.242 e. The van der Waals surface area contributed by atoms with Gasteiger partial charge in [-0.3, -0.25) is 4.79 Å². The van der Waals surface area contributed by atoms with Crippen LogP contribution in [0.15, 0.2) is 12.1 Å². The monoisotopic (exact) mass is 256 g/mol. The van der Waals surface area contributed by atoms with E-state index >= 15 is 0 Å². The van der Waals surface area contributed by atoms with Crippen LogP contribution in [-0.2, 0) is 9.53 Å². The minimum absolute atomic E-state index is 0.0852. The first kappa shape index (κ1) is 12.2. The Morgan fingerprint density at radius 1 is 1.59 bits per heavy atom. The fourth-order valence-corrected chi connectivity index (χ4v) is 1.78. The van der Waals surface area contributed by atoms with Crippen LogP contribution in [0.3, 0.4) is 0 Å². The SMILES string of the molecule is COC1CNC(C(=O)Nc2ccc(Cl)nn2)C1. The van der Waals surface area contributed by atoms with Gasteiger partial charge in [-0.25, -0.2) is 0 Å². The maximum absolute atomic E-state index is 11.8. The Morgan fingerprint density at radius 3 is 3.00 bits per heavy atom. The number of halogens is 1. The molecule has 0 spiro atoms. The summed E-state index contributed by atoms with van der Waals surface area (Å²) in [5.74, 6) is 0.253. The normalized spacial score (nSPS) is 23.6. The molecule has 2 atom stereocenters. The highest BCUT2D eigenvalue weighted by molar-refractivity contribution is 6.29. The minimum Gasteiger partial charge on any atom is -0.380 e. The predicted octanol–water partition coefficient (Wildman–Crippen LogP) is 0.445. The fourth-order valence-electron chi connectivity index (χ4n) is 1.68. The Labute approximate surface area is 104 Å². The molecule has 2 rings (SSSR count). The van der Waals surface area contributed by atoms with E-state index in [2.05, 4.69) is 20.8 Å². The van der Waals surface area contributed by atoms with Gasteiger partial charge in [0.1, 0.15) is 0 Å². The molecule has 0 saturated carbocycles. The molecule has 2 heterocycles. The number of nitrogens with zero attached hydrogens (tertiary/aromatic N) is 2. The van der Waals surface area contributed by atoms with Crippen molar-refractivity contribution < 1.29 is 9.53 Å². The van der Waals surface area contributed by atoms with Gasteiger partial charge in [-0.05, 0) is 18.6 Å². The Kier molecular flexibility index (Phi) is 3.88. The number of ether oxygens (including phenoxy) is 1. The molecular formula is C10H13ClN4O2. The van der Waals surface area contributed by atoms with Gasteiger partial charge >= 0.3 is 0 Å². The lowest BCUT2D eigenvalue weighted by Gasteiger charge is -2.10. The largest absolute Gasteiger partial charge is 0.380 e. The van der Waals surface area contributed by atoms with E-state index in [1.165, 1.54) is 0 Å². The van der Waals surface area contributed by atoms with Crippen LogP contribution in [0.5, 0.6) is 0 Å². The molecule has 1 saturated heterocycles. The summed E-state index contributed by atoms with van der Waals surface area (Å²) in [6.45, 7) is 0.681. The van der Waals surface area contributed by atoms with Crippen LogP contribution in [0, 0.1) is 0 Å². The van der Waals surface area contributed by atoms with Crippen molar-refractivity contribution >= 4 is 23.3 Å². The van der Waals surface area contributed by atoms with Crippen molar-refractivity contribution in [1.82, 2.24) is 15.5 Å². The molecule has 6 nitrogen and oxygen atoms in total. The zero-order chi connectivity index (χ0) is 12.3. The van der Waals surface area contributed by atoms with Gasteiger partial charge in [0, 0.05) is 13.7 Å². The second kappa shape index (κ2) is 5.39. The first-order valence-corrected chi connectivity index (χ1v) is 5.63. The zero-order valence-corrected chi connectivity index (χ0v) is 10.1.